The SMILES string of the molecule is CCCNC(=O)[C@@H](C)NC(=O)[C@@H]1CSCN1C(=O)CC(C)(C)C. The van der Waals surface area contributed by atoms with E-state index in [9.17, 15) is 14.4 Å². The van der Waals surface area contributed by atoms with Crippen molar-refractivity contribution in [3.8, 4) is 0 Å². The molecule has 23 heavy (non-hydrogen) atoms. The Labute approximate surface area is 143 Å². The van der Waals surface area contributed by atoms with Gasteiger partial charge in [-0.25, -0.2) is 0 Å². The summed E-state index contributed by atoms with van der Waals surface area (Å²) in [5.74, 6) is 0.648. The fourth-order valence-corrected chi connectivity index (χ4v) is 3.42. The molecule has 132 valence electrons. The van der Waals surface area contributed by atoms with E-state index < -0.39 is 12.1 Å². The molecule has 3 amide bonds. The zero-order valence-electron chi connectivity index (χ0n) is 14.8. The van der Waals surface area contributed by atoms with Crippen LogP contribution in [0.4, 0.5) is 0 Å². The second-order valence-corrected chi connectivity index (χ2v) is 8.14. The van der Waals surface area contributed by atoms with Crippen LogP contribution >= 0.6 is 11.8 Å². The Balaban J connectivity index is 2.60. The topological polar surface area (TPSA) is 78.5 Å². The van der Waals surface area contributed by atoms with Crippen molar-refractivity contribution < 1.29 is 14.4 Å². The first-order valence-electron chi connectivity index (χ1n) is 8.11. The highest BCUT2D eigenvalue weighted by molar-refractivity contribution is 7.99. The van der Waals surface area contributed by atoms with E-state index in [0.717, 1.165) is 6.42 Å². The molecule has 1 rings (SSSR count). The van der Waals surface area contributed by atoms with E-state index in [0.29, 0.717) is 24.6 Å². The highest BCUT2D eigenvalue weighted by Gasteiger charge is 2.36. The third kappa shape index (κ3) is 6.41. The lowest BCUT2D eigenvalue weighted by Gasteiger charge is -2.27. The summed E-state index contributed by atoms with van der Waals surface area (Å²) in [7, 11) is 0. The van der Waals surface area contributed by atoms with Crippen LogP contribution in [0, 0.1) is 5.41 Å². The van der Waals surface area contributed by atoms with Crippen LogP contribution < -0.4 is 10.6 Å². The zero-order chi connectivity index (χ0) is 17.6. The van der Waals surface area contributed by atoms with Crippen LogP contribution in [0.25, 0.3) is 0 Å². The number of thioether (sulfide) groups is 1. The summed E-state index contributed by atoms with van der Waals surface area (Å²) >= 11 is 1.57. The molecular weight excluding hydrogens is 314 g/mol. The molecule has 0 aliphatic carbocycles. The molecule has 0 aromatic heterocycles. The summed E-state index contributed by atoms with van der Waals surface area (Å²) in [6.45, 7) is 10.2. The van der Waals surface area contributed by atoms with Gasteiger partial charge in [-0.05, 0) is 18.8 Å². The average Bonchev–Trinajstić information content (AvgIpc) is 2.92. The van der Waals surface area contributed by atoms with Crippen molar-refractivity contribution in [1.29, 1.82) is 0 Å². The number of nitrogens with one attached hydrogen (secondary N) is 2. The number of hydrogen-bond donors (Lipinski definition) is 2. The molecule has 0 saturated carbocycles. The Morgan fingerprint density at radius 1 is 1.30 bits per heavy atom. The van der Waals surface area contributed by atoms with Gasteiger partial charge in [-0.2, -0.15) is 0 Å². The smallest absolute Gasteiger partial charge is 0.244 e. The second-order valence-electron chi connectivity index (χ2n) is 7.14. The number of hydrogen-bond acceptors (Lipinski definition) is 4. The fraction of sp³-hybridized carbons (Fsp3) is 0.812. The van der Waals surface area contributed by atoms with Crippen molar-refractivity contribution in [2.24, 2.45) is 5.41 Å². The largest absolute Gasteiger partial charge is 0.354 e. The number of rotatable bonds is 6. The van der Waals surface area contributed by atoms with Gasteiger partial charge in [0.15, 0.2) is 0 Å². The van der Waals surface area contributed by atoms with E-state index in [1.54, 1.807) is 23.6 Å². The van der Waals surface area contributed by atoms with Crippen LogP contribution in [0.15, 0.2) is 0 Å². The minimum Gasteiger partial charge on any atom is -0.354 e. The van der Waals surface area contributed by atoms with E-state index in [2.05, 4.69) is 10.6 Å². The first-order valence-corrected chi connectivity index (χ1v) is 9.26. The molecule has 1 heterocycles. The molecule has 1 saturated heterocycles. The summed E-state index contributed by atoms with van der Waals surface area (Å²) in [4.78, 5) is 38.3. The number of nitrogens with zero attached hydrogens (tertiary/aromatic N) is 1. The lowest BCUT2D eigenvalue weighted by molar-refractivity contribution is -0.140. The van der Waals surface area contributed by atoms with Crippen LogP contribution in [0.2, 0.25) is 0 Å². The maximum atomic E-state index is 12.4. The maximum Gasteiger partial charge on any atom is 0.244 e. The molecule has 0 aromatic rings. The summed E-state index contributed by atoms with van der Waals surface area (Å²) in [5.41, 5.74) is -0.112. The van der Waals surface area contributed by atoms with Crippen molar-refractivity contribution in [2.75, 3.05) is 18.2 Å². The molecule has 1 aliphatic heterocycles. The van der Waals surface area contributed by atoms with Gasteiger partial charge in [-0.1, -0.05) is 27.7 Å². The second kappa shape index (κ2) is 8.57. The quantitative estimate of drug-likeness (QED) is 0.763. The lowest BCUT2D eigenvalue weighted by atomic mass is 9.91. The Bertz CT molecular complexity index is 448. The first kappa shape index (κ1) is 19.8. The molecule has 0 radical (unpaired) electrons. The van der Waals surface area contributed by atoms with Crippen LogP contribution in [-0.2, 0) is 14.4 Å². The molecule has 7 heteroatoms. The lowest BCUT2D eigenvalue weighted by Crippen LogP contribution is -2.53. The highest BCUT2D eigenvalue weighted by Crippen LogP contribution is 2.26. The van der Waals surface area contributed by atoms with E-state index >= 15 is 0 Å². The van der Waals surface area contributed by atoms with Crippen molar-refractivity contribution >= 4 is 29.5 Å². The molecule has 2 atom stereocenters. The van der Waals surface area contributed by atoms with Gasteiger partial charge in [-0.3, -0.25) is 14.4 Å². The fourth-order valence-electron chi connectivity index (χ4n) is 2.24. The van der Waals surface area contributed by atoms with Crippen LogP contribution in [0.5, 0.6) is 0 Å². The minimum absolute atomic E-state index is 0.00858. The third-order valence-corrected chi connectivity index (χ3v) is 4.50. The number of amides is 3. The minimum atomic E-state index is -0.598. The monoisotopic (exact) mass is 343 g/mol. The van der Waals surface area contributed by atoms with Crippen molar-refractivity contribution in [3.63, 3.8) is 0 Å². The van der Waals surface area contributed by atoms with E-state index in [1.165, 1.54) is 0 Å². The highest BCUT2D eigenvalue weighted by atomic mass is 32.2. The van der Waals surface area contributed by atoms with Crippen molar-refractivity contribution in [2.45, 2.75) is 59.5 Å². The predicted molar refractivity (Wildman–Crippen MR) is 92.9 cm³/mol. The molecular formula is C16H29N3O3S. The Hall–Kier alpha value is -1.24. The molecule has 0 unspecified atom stereocenters. The van der Waals surface area contributed by atoms with Gasteiger partial charge in [-0.15, -0.1) is 11.8 Å². The molecule has 6 nitrogen and oxygen atoms in total. The summed E-state index contributed by atoms with van der Waals surface area (Å²) < 4.78 is 0. The maximum absolute atomic E-state index is 12.4. The predicted octanol–water partition coefficient (Wildman–Crippen LogP) is 1.35. The standard InChI is InChI=1S/C16H29N3O3S/c1-6-7-17-14(21)11(2)18-15(22)12-9-23-10-19(12)13(20)8-16(3,4)5/h11-12H,6-10H2,1-5H3,(H,17,21)(H,18,22)/t11-,12+/m1/s1. The molecule has 1 aliphatic rings. The van der Waals surface area contributed by atoms with Gasteiger partial charge in [0.2, 0.25) is 17.7 Å². The Morgan fingerprint density at radius 3 is 2.52 bits per heavy atom. The van der Waals surface area contributed by atoms with E-state index in [4.69, 9.17) is 0 Å². The van der Waals surface area contributed by atoms with Gasteiger partial charge in [0, 0.05) is 18.7 Å². The van der Waals surface area contributed by atoms with Gasteiger partial charge in [0.1, 0.15) is 12.1 Å². The van der Waals surface area contributed by atoms with E-state index in [-0.39, 0.29) is 23.1 Å². The van der Waals surface area contributed by atoms with Gasteiger partial charge >= 0.3 is 0 Å². The van der Waals surface area contributed by atoms with Crippen LogP contribution in [0.3, 0.4) is 0 Å². The molecule has 0 spiro atoms. The Morgan fingerprint density at radius 2 is 1.96 bits per heavy atom. The molecule has 0 bridgehead atoms. The average molecular weight is 343 g/mol. The first-order chi connectivity index (χ1) is 10.7. The van der Waals surface area contributed by atoms with Gasteiger partial charge in [0.05, 0.1) is 5.88 Å². The zero-order valence-corrected chi connectivity index (χ0v) is 15.6. The number of carbonyl (C=O) groups is 3. The summed E-state index contributed by atoms with van der Waals surface area (Å²) in [6, 6.07) is -1.09. The van der Waals surface area contributed by atoms with Gasteiger partial charge < -0.3 is 15.5 Å². The van der Waals surface area contributed by atoms with Crippen molar-refractivity contribution in [1.82, 2.24) is 15.5 Å². The van der Waals surface area contributed by atoms with Crippen LogP contribution in [0.1, 0.15) is 47.5 Å². The number of carbonyl (C=O) groups excluding carboxylic acids is 3. The summed E-state index contributed by atoms with van der Waals surface area (Å²) in [5, 5.41) is 5.47. The van der Waals surface area contributed by atoms with Crippen LogP contribution in [-0.4, -0.2) is 52.9 Å². The normalized spacial score (nSPS) is 19.3. The third-order valence-electron chi connectivity index (χ3n) is 3.49. The summed E-state index contributed by atoms with van der Waals surface area (Å²) in [6.07, 6.45) is 1.25. The molecule has 2 N–H and O–H groups in total. The Kier molecular flexibility index (Phi) is 7.38. The molecule has 1 fully saturated rings. The van der Waals surface area contributed by atoms with Gasteiger partial charge in [0.25, 0.3) is 0 Å². The van der Waals surface area contributed by atoms with E-state index in [1.807, 2.05) is 27.7 Å². The molecule has 0 aromatic carbocycles. The van der Waals surface area contributed by atoms with Crippen molar-refractivity contribution in [3.05, 3.63) is 0 Å².